The van der Waals surface area contributed by atoms with E-state index in [1.54, 1.807) is 24.9 Å². The Kier molecular flexibility index (Phi) is 8.67. The van der Waals surface area contributed by atoms with Gasteiger partial charge in [-0.15, -0.1) is 11.3 Å². The van der Waals surface area contributed by atoms with Crippen LogP contribution in [0, 0.1) is 23.7 Å². The first-order valence-electron chi connectivity index (χ1n) is 11.9. The van der Waals surface area contributed by atoms with Gasteiger partial charge in [0.1, 0.15) is 17.6 Å². The number of fused-ring (bicyclic) bond motifs is 1. The number of rotatable bonds is 9. The first kappa shape index (κ1) is 25.1. The molecule has 8 heteroatoms. The molecule has 4 rings (SSSR count). The molecule has 3 aromatic rings. The summed E-state index contributed by atoms with van der Waals surface area (Å²) in [5.74, 6) is 6.65. The maximum Gasteiger partial charge on any atom is 0.303 e. The topological polar surface area (TPSA) is 75.5 Å². The number of ether oxygens (including phenoxy) is 1. The summed E-state index contributed by atoms with van der Waals surface area (Å²) >= 11 is 1.52. The molecule has 0 aliphatic carbocycles. The number of hydrogen-bond donors (Lipinski definition) is 1. The second-order valence-corrected chi connectivity index (χ2v) is 9.70. The lowest BCUT2D eigenvalue weighted by Gasteiger charge is -2.38. The van der Waals surface area contributed by atoms with Crippen molar-refractivity contribution in [3.63, 3.8) is 0 Å². The summed E-state index contributed by atoms with van der Waals surface area (Å²) in [6.07, 6.45) is 3.30. The van der Waals surface area contributed by atoms with E-state index < -0.39 is 12.1 Å². The van der Waals surface area contributed by atoms with Crippen molar-refractivity contribution >= 4 is 28.2 Å². The highest BCUT2D eigenvalue weighted by molar-refractivity contribution is 7.07. The van der Waals surface area contributed by atoms with Crippen LogP contribution < -0.4 is 4.74 Å². The largest absolute Gasteiger partial charge is 0.497 e. The van der Waals surface area contributed by atoms with Gasteiger partial charge in [0.05, 0.1) is 24.7 Å². The van der Waals surface area contributed by atoms with Crippen molar-refractivity contribution in [2.45, 2.75) is 38.3 Å². The van der Waals surface area contributed by atoms with Crippen molar-refractivity contribution in [1.29, 1.82) is 0 Å². The number of aliphatic carboxylic acids is 1. The third kappa shape index (κ3) is 6.77. The maximum atomic E-state index is 15.5. The van der Waals surface area contributed by atoms with Crippen LogP contribution in [0.4, 0.5) is 4.39 Å². The predicted molar refractivity (Wildman–Crippen MR) is 135 cm³/mol. The van der Waals surface area contributed by atoms with E-state index in [0.717, 1.165) is 42.5 Å². The van der Waals surface area contributed by atoms with E-state index in [-0.39, 0.29) is 18.3 Å². The van der Waals surface area contributed by atoms with E-state index in [1.807, 2.05) is 23.6 Å². The number of aromatic nitrogens is 2. The third-order valence-corrected chi connectivity index (χ3v) is 7.35. The van der Waals surface area contributed by atoms with Crippen molar-refractivity contribution in [3.05, 3.63) is 52.6 Å². The second kappa shape index (κ2) is 12.1. The number of hydrogen-bond acceptors (Lipinski definition) is 6. The first-order chi connectivity index (χ1) is 17.0. The number of carboxylic acid groups (broad SMARTS) is 1. The fraction of sp³-hybridized carbons (Fsp3) is 0.444. The lowest BCUT2D eigenvalue weighted by atomic mass is 9.79. The summed E-state index contributed by atoms with van der Waals surface area (Å²) in [5, 5.41) is 11.9. The number of benzene rings is 1. The minimum absolute atomic E-state index is 0.132. The average Bonchev–Trinajstić information content (AvgIpc) is 3.39. The van der Waals surface area contributed by atoms with Crippen LogP contribution in [0.15, 0.2) is 41.4 Å². The van der Waals surface area contributed by atoms with Crippen LogP contribution in [0.5, 0.6) is 5.75 Å². The summed E-state index contributed by atoms with van der Waals surface area (Å²) in [4.78, 5) is 22.1. The van der Waals surface area contributed by atoms with Crippen LogP contribution in [0.2, 0.25) is 0 Å². The molecule has 6 nitrogen and oxygen atoms in total. The number of carbonyl (C=O) groups is 1. The van der Waals surface area contributed by atoms with Gasteiger partial charge in [-0.25, -0.2) is 9.37 Å². The van der Waals surface area contributed by atoms with Crippen LogP contribution >= 0.6 is 11.3 Å². The van der Waals surface area contributed by atoms with Crippen LogP contribution in [0.1, 0.15) is 49.5 Å². The highest BCUT2D eigenvalue weighted by Crippen LogP contribution is 2.36. The number of piperidine rings is 1. The molecule has 0 spiro atoms. The van der Waals surface area contributed by atoms with E-state index in [9.17, 15) is 9.90 Å². The molecule has 3 heterocycles. The highest BCUT2D eigenvalue weighted by Gasteiger charge is 2.30. The fourth-order valence-electron chi connectivity index (χ4n) is 4.89. The molecule has 2 unspecified atom stereocenters. The molecule has 184 valence electrons. The van der Waals surface area contributed by atoms with E-state index in [4.69, 9.17) is 4.74 Å². The molecule has 3 atom stereocenters. The first-order valence-corrected chi connectivity index (χ1v) is 12.9. The third-order valence-electron chi connectivity index (χ3n) is 6.77. The summed E-state index contributed by atoms with van der Waals surface area (Å²) in [6.45, 7) is 2.30. The Morgan fingerprint density at radius 3 is 2.97 bits per heavy atom. The minimum Gasteiger partial charge on any atom is -0.497 e. The van der Waals surface area contributed by atoms with Crippen molar-refractivity contribution < 1.29 is 19.0 Å². The molecular formula is C27H30FN3O3S. The number of carboxylic acids is 1. The second-order valence-electron chi connectivity index (χ2n) is 8.98. The quantitative estimate of drug-likeness (QED) is 0.404. The van der Waals surface area contributed by atoms with Crippen molar-refractivity contribution in [2.24, 2.45) is 11.8 Å². The number of likely N-dealkylation sites (tertiary alicyclic amines) is 1. The van der Waals surface area contributed by atoms with Crippen LogP contribution in [0.25, 0.3) is 10.9 Å². The molecule has 0 bridgehead atoms. The monoisotopic (exact) mass is 495 g/mol. The molecule has 1 aliphatic heterocycles. The van der Waals surface area contributed by atoms with Gasteiger partial charge >= 0.3 is 5.97 Å². The minimum atomic E-state index is -1.12. The Bertz CT molecular complexity index is 1190. The van der Waals surface area contributed by atoms with Crippen LogP contribution in [-0.4, -0.2) is 52.7 Å². The molecule has 1 aromatic carbocycles. The number of nitrogens with zero attached hydrogens (tertiary/aromatic N) is 3. The van der Waals surface area contributed by atoms with Gasteiger partial charge in [0.25, 0.3) is 0 Å². The van der Waals surface area contributed by atoms with Gasteiger partial charge in [0.15, 0.2) is 0 Å². The van der Waals surface area contributed by atoms with Crippen molar-refractivity contribution in [3.8, 4) is 17.6 Å². The molecule has 0 amide bonds. The summed E-state index contributed by atoms with van der Waals surface area (Å²) in [5.41, 5.74) is 3.92. The summed E-state index contributed by atoms with van der Waals surface area (Å²) < 4.78 is 20.8. The Hall–Kier alpha value is -3.02. The van der Waals surface area contributed by atoms with Crippen LogP contribution in [0.3, 0.4) is 0 Å². The fourth-order valence-corrected chi connectivity index (χ4v) is 5.38. The zero-order valence-electron chi connectivity index (χ0n) is 19.8. The molecule has 35 heavy (non-hydrogen) atoms. The lowest BCUT2D eigenvalue weighted by molar-refractivity contribution is -0.137. The van der Waals surface area contributed by atoms with Crippen molar-refractivity contribution in [2.75, 3.05) is 26.7 Å². The Morgan fingerprint density at radius 2 is 2.20 bits per heavy atom. The highest BCUT2D eigenvalue weighted by atomic mass is 32.1. The number of pyridine rings is 1. The molecule has 1 saturated heterocycles. The average molecular weight is 496 g/mol. The van der Waals surface area contributed by atoms with Crippen LogP contribution in [-0.2, 0) is 4.79 Å². The number of methoxy groups -OCH3 is 1. The zero-order valence-corrected chi connectivity index (χ0v) is 20.6. The maximum absolute atomic E-state index is 15.5. The summed E-state index contributed by atoms with van der Waals surface area (Å²) in [6, 6.07) is 7.26. The normalized spacial score (nSPS) is 19.1. The van der Waals surface area contributed by atoms with E-state index in [0.29, 0.717) is 30.7 Å². The van der Waals surface area contributed by atoms with Gasteiger partial charge in [0, 0.05) is 29.9 Å². The van der Waals surface area contributed by atoms with Gasteiger partial charge in [-0.05, 0) is 79.8 Å². The lowest BCUT2D eigenvalue weighted by Crippen LogP contribution is -2.41. The van der Waals surface area contributed by atoms with Crippen molar-refractivity contribution in [1.82, 2.24) is 14.9 Å². The smallest absolute Gasteiger partial charge is 0.303 e. The molecule has 0 radical (unpaired) electrons. The zero-order chi connectivity index (χ0) is 24.6. The van der Waals surface area contributed by atoms with Gasteiger partial charge in [-0.2, -0.15) is 0 Å². The number of halogens is 1. The molecule has 1 aliphatic rings. The molecular weight excluding hydrogens is 465 g/mol. The number of alkyl halides is 1. The standard InChI is InChI=1S/C27H30FN3O3S/c1-34-22-6-8-26-24(15-22)23(10-12-29-26)25(28)7-4-19-11-14-31(16-20(19)5-9-27(32)33)13-2-3-21-17-35-18-30-21/h6,8,10,12,15,17-20,25H,4-5,7,9,11,13-14,16H2,1H3,(H,32,33)/t19?,20?,25-/m0/s1. The Morgan fingerprint density at radius 1 is 1.31 bits per heavy atom. The van der Waals surface area contributed by atoms with E-state index in [1.165, 1.54) is 11.3 Å². The Labute approximate surface area is 209 Å². The Balaban J connectivity index is 1.39. The number of thiazole rings is 1. The molecule has 0 saturated carbocycles. The van der Waals surface area contributed by atoms with E-state index in [2.05, 4.69) is 26.7 Å². The van der Waals surface area contributed by atoms with E-state index >= 15 is 4.39 Å². The summed E-state index contributed by atoms with van der Waals surface area (Å²) in [7, 11) is 1.60. The van der Waals surface area contributed by atoms with Gasteiger partial charge in [0.2, 0.25) is 0 Å². The predicted octanol–water partition coefficient (Wildman–Crippen LogP) is 5.35. The van der Waals surface area contributed by atoms with Gasteiger partial charge in [-0.1, -0.05) is 5.92 Å². The molecule has 2 aromatic heterocycles. The van der Waals surface area contributed by atoms with Gasteiger partial charge in [-0.3, -0.25) is 14.7 Å². The van der Waals surface area contributed by atoms with Gasteiger partial charge < -0.3 is 9.84 Å². The molecule has 1 N–H and O–H groups in total. The molecule has 1 fully saturated rings. The SMILES string of the molecule is COc1ccc2nccc([C@@H](F)CCC3CCN(CC#Cc4cscn4)CC3CCC(=O)O)c2c1.